The summed E-state index contributed by atoms with van der Waals surface area (Å²) in [6, 6.07) is 0. The zero-order valence-corrected chi connectivity index (χ0v) is 9.27. The molecule has 5 nitrogen and oxygen atoms in total. The molecule has 2 heterocycles. The molecule has 1 fully saturated rings. The lowest BCUT2D eigenvalue weighted by Gasteiger charge is -2.38. The maximum atomic E-state index is 10.5. The Morgan fingerprint density at radius 3 is 3.13 bits per heavy atom. The Hall–Kier alpha value is -0.940. The van der Waals surface area contributed by atoms with Gasteiger partial charge in [0.15, 0.2) is 0 Å². The van der Waals surface area contributed by atoms with Gasteiger partial charge in [0.1, 0.15) is 12.2 Å². The second-order valence-electron chi connectivity index (χ2n) is 4.44. The number of nitrogens with one attached hydrogen (secondary N) is 1. The highest BCUT2D eigenvalue weighted by Gasteiger charge is 2.37. The van der Waals surface area contributed by atoms with E-state index in [-0.39, 0.29) is 5.92 Å². The fourth-order valence-corrected chi connectivity index (χ4v) is 2.08. The van der Waals surface area contributed by atoms with Crippen molar-refractivity contribution in [3.8, 4) is 0 Å². The minimum atomic E-state index is -0.633. The Labute approximate surface area is 89.5 Å². The van der Waals surface area contributed by atoms with E-state index in [1.807, 2.05) is 7.05 Å². The zero-order valence-electron chi connectivity index (χ0n) is 9.27. The molecule has 1 aromatic heterocycles. The van der Waals surface area contributed by atoms with Crippen LogP contribution >= 0.6 is 0 Å². The van der Waals surface area contributed by atoms with E-state index < -0.39 is 5.60 Å². The molecule has 0 amide bonds. The molecule has 2 unspecified atom stereocenters. The molecule has 0 aromatic carbocycles. The van der Waals surface area contributed by atoms with Crippen molar-refractivity contribution in [2.45, 2.75) is 25.4 Å². The summed E-state index contributed by atoms with van der Waals surface area (Å²) in [5.41, 5.74) is -0.633. The van der Waals surface area contributed by atoms with E-state index in [0.29, 0.717) is 6.42 Å². The third-order valence-corrected chi connectivity index (χ3v) is 3.37. The van der Waals surface area contributed by atoms with Crippen molar-refractivity contribution in [2.75, 3.05) is 13.1 Å². The molecule has 15 heavy (non-hydrogen) atoms. The van der Waals surface area contributed by atoms with Gasteiger partial charge in [-0.2, -0.15) is 5.10 Å². The third kappa shape index (κ3) is 2.03. The Morgan fingerprint density at radius 2 is 2.53 bits per heavy atom. The van der Waals surface area contributed by atoms with Crippen LogP contribution in [0, 0.1) is 5.92 Å². The topological polar surface area (TPSA) is 63.0 Å². The first-order chi connectivity index (χ1) is 7.12. The SMILES string of the molecule is CC1CNCCC1(O)Cc1ncnn1C. The van der Waals surface area contributed by atoms with Crippen molar-refractivity contribution in [1.82, 2.24) is 20.1 Å². The zero-order chi connectivity index (χ0) is 10.9. The maximum absolute atomic E-state index is 10.5. The molecule has 2 N–H and O–H groups in total. The van der Waals surface area contributed by atoms with Gasteiger partial charge < -0.3 is 10.4 Å². The van der Waals surface area contributed by atoms with Crippen LogP contribution in [0.5, 0.6) is 0 Å². The van der Waals surface area contributed by atoms with Gasteiger partial charge in [0.25, 0.3) is 0 Å². The van der Waals surface area contributed by atoms with Crippen LogP contribution in [0.2, 0.25) is 0 Å². The maximum Gasteiger partial charge on any atom is 0.138 e. The smallest absolute Gasteiger partial charge is 0.138 e. The fourth-order valence-electron chi connectivity index (χ4n) is 2.08. The van der Waals surface area contributed by atoms with Crippen LogP contribution in [0.25, 0.3) is 0 Å². The van der Waals surface area contributed by atoms with Crippen LogP contribution in [0.3, 0.4) is 0 Å². The van der Waals surface area contributed by atoms with Crippen LogP contribution < -0.4 is 5.32 Å². The highest BCUT2D eigenvalue weighted by molar-refractivity contribution is 4.99. The lowest BCUT2D eigenvalue weighted by molar-refractivity contribution is -0.0350. The van der Waals surface area contributed by atoms with Crippen molar-refractivity contribution in [1.29, 1.82) is 0 Å². The van der Waals surface area contributed by atoms with Gasteiger partial charge in [-0.3, -0.25) is 4.68 Å². The minimum absolute atomic E-state index is 0.253. The number of piperidine rings is 1. The van der Waals surface area contributed by atoms with E-state index in [1.165, 1.54) is 6.33 Å². The average molecular weight is 210 g/mol. The highest BCUT2D eigenvalue weighted by atomic mass is 16.3. The van der Waals surface area contributed by atoms with E-state index >= 15 is 0 Å². The van der Waals surface area contributed by atoms with Crippen LogP contribution in [-0.2, 0) is 13.5 Å². The predicted octanol–water partition coefficient (Wildman–Crippen LogP) is -0.282. The molecule has 0 radical (unpaired) electrons. The van der Waals surface area contributed by atoms with Crippen molar-refractivity contribution >= 4 is 0 Å². The average Bonchev–Trinajstić information content (AvgIpc) is 2.58. The molecule has 2 rings (SSSR count). The lowest BCUT2D eigenvalue weighted by Crippen LogP contribution is -2.50. The quantitative estimate of drug-likeness (QED) is 0.704. The summed E-state index contributed by atoms with van der Waals surface area (Å²) in [4.78, 5) is 4.16. The number of aryl methyl sites for hydroxylation is 1. The molecule has 5 heteroatoms. The summed E-state index contributed by atoms with van der Waals surface area (Å²) in [5.74, 6) is 1.11. The summed E-state index contributed by atoms with van der Waals surface area (Å²) in [6.45, 7) is 3.82. The van der Waals surface area contributed by atoms with Gasteiger partial charge in [-0.1, -0.05) is 6.92 Å². The Morgan fingerprint density at radius 1 is 1.73 bits per heavy atom. The first kappa shape index (κ1) is 10.6. The van der Waals surface area contributed by atoms with Gasteiger partial charge in [0, 0.05) is 20.0 Å². The predicted molar refractivity (Wildman–Crippen MR) is 56.3 cm³/mol. The van der Waals surface area contributed by atoms with E-state index in [1.54, 1.807) is 4.68 Å². The van der Waals surface area contributed by atoms with Gasteiger partial charge in [0.2, 0.25) is 0 Å². The van der Waals surface area contributed by atoms with Gasteiger partial charge in [-0.25, -0.2) is 4.98 Å². The van der Waals surface area contributed by atoms with E-state index in [0.717, 1.165) is 25.3 Å². The van der Waals surface area contributed by atoms with Crippen molar-refractivity contribution in [3.05, 3.63) is 12.2 Å². The van der Waals surface area contributed by atoms with Crippen LogP contribution in [0.4, 0.5) is 0 Å². The molecule has 0 saturated carbocycles. The molecule has 1 aliphatic heterocycles. The minimum Gasteiger partial charge on any atom is -0.389 e. The first-order valence-corrected chi connectivity index (χ1v) is 5.38. The molecule has 84 valence electrons. The van der Waals surface area contributed by atoms with Crippen molar-refractivity contribution in [3.63, 3.8) is 0 Å². The standard InChI is InChI=1S/C10H18N4O/c1-8-6-11-4-3-10(8,15)5-9-12-7-13-14(9)2/h7-8,11,15H,3-6H2,1-2H3. The Balaban J connectivity index is 2.12. The molecule has 1 aromatic rings. The first-order valence-electron chi connectivity index (χ1n) is 5.38. The van der Waals surface area contributed by atoms with E-state index in [9.17, 15) is 5.11 Å². The van der Waals surface area contributed by atoms with Crippen LogP contribution in [-0.4, -0.2) is 38.6 Å². The summed E-state index contributed by atoms with van der Waals surface area (Å²) >= 11 is 0. The number of hydrogen-bond donors (Lipinski definition) is 2. The number of rotatable bonds is 2. The molecule has 2 atom stereocenters. The summed E-state index contributed by atoms with van der Waals surface area (Å²) in [5, 5.41) is 17.8. The number of aromatic nitrogens is 3. The molecular weight excluding hydrogens is 192 g/mol. The van der Waals surface area contributed by atoms with Gasteiger partial charge in [-0.15, -0.1) is 0 Å². The Kier molecular flexibility index (Phi) is 2.75. The summed E-state index contributed by atoms with van der Waals surface area (Å²) in [6.07, 6.45) is 2.90. The number of hydrogen-bond acceptors (Lipinski definition) is 4. The monoisotopic (exact) mass is 210 g/mol. The molecule has 0 spiro atoms. The second-order valence-corrected chi connectivity index (χ2v) is 4.44. The van der Waals surface area contributed by atoms with Crippen molar-refractivity contribution < 1.29 is 5.11 Å². The number of nitrogens with zero attached hydrogens (tertiary/aromatic N) is 3. The lowest BCUT2D eigenvalue weighted by atomic mass is 9.80. The summed E-state index contributed by atoms with van der Waals surface area (Å²) in [7, 11) is 1.86. The van der Waals surface area contributed by atoms with E-state index in [4.69, 9.17) is 0 Å². The molecule has 1 aliphatic rings. The molecular formula is C10H18N4O. The second kappa shape index (κ2) is 3.90. The van der Waals surface area contributed by atoms with Gasteiger partial charge in [-0.05, 0) is 18.9 Å². The molecule has 0 aliphatic carbocycles. The summed E-state index contributed by atoms with van der Waals surface area (Å²) < 4.78 is 1.73. The van der Waals surface area contributed by atoms with Crippen LogP contribution in [0.15, 0.2) is 6.33 Å². The van der Waals surface area contributed by atoms with Crippen LogP contribution in [0.1, 0.15) is 19.2 Å². The van der Waals surface area contributed by atoms with Crippen molar-refractivity contribution in [2.24, 2.45) is 13.0 Å². The molecule has 0 bridgehead atoms. The Bertz CT molecular complexity index is 338. The van der Waals surface area contributed by atoms with Gasteiger partial charge >= 0.3 is 0 Å². The van der Waals surface area contributed by atoms with Gasteiger partial charge in [0.05, 0.1) is 5.60 Å². The molecule has 1 saturated heterocycles. The fraction of sp³-hybridized carbons (Fsp3) is 0.800. The number of aliphatic hydroxyl groups is 1. The largest absolute Gasteiger partial charge is 0.389 e. The van der Waals surface area contributed by atoms with E-state index in [2.05, 4.69) is 22.3 Å². The highest BCUT2D eigenvalue weighted by Crippen LogP contribution is 2.27. The third-order valence-electron chi connectivity index (χ3n) is 3.37. The normalized spacial score (nSPS) is 31.8.